The maximum atomic E-state index is 3.68. The zero-order valence-electron chi connectivity index (χ0n) is 10.5. The zero-order chi connectivity index (χ0) is 10.7. The lowest BCUT2D eigenvalue weighted by molar-refractivity contribution is 0.420. The highest BCUT2D eigenvalue weighted by Gasteiger charge is 2.48. The summed E-state index contributed by atoms with van der Waals surface area (Å²) in [5.41, 5.74) is 0.718. The highest BCUT2D eigenvalue weighted by atomic mass is 15.0. The third-order valence-corrected chi connectivity index (χ3v) is 4.37. The molecule has 2 atom stereocenters. The van der Waals surface area contributed by atoms with Crippen LogP contribution in [0.15, 0.2) is 0 Å². The fourth-order valence-corrected chi connectivity index (χ4v) is 2.68. The number of hydrogen-bond acceptors (Lipinski definition) is 1. The molecule has 1 heteroatoms. The zero-order valence-corrected chi connectivity index (χ0v) is 10.5. The summed E-state index contributed by atoms with van der Waals surface area (Å²) in [7, 11) is 0. The monoisotopic (exact) mass is 209 g/mol. The second kappa shape index (κ2) is 4.86. The predicted octanol–water partition coefficient (Wildman–Crippen LogP) is 3.74. The largest absolute Gasteiger partial charge is 0.314 e. The Bertz CT molecular complexity index is 198. The van der Waals surface area contributed by atoms with Gasteiger partial charge in [0.05, 0.1) is 0 Å². The van der Waals surface area contributed by atoms with Crippen molar-refractivity contribution < 1.29 is 0 Å². The third-order valence-electron chi connectivity index (χ3n) is 4.37. The minimum atomic E-state index is 0.718. The molecule has 1 N–H and O–H groups in total. The van der Waals surface area contributed by atoms with Crippen molar-refractivity contribution in [2.75, 3.05) is 6.54 Å². The van der Waals surface area contributed by atoms with Crippen molar-refractivity contribution in [1.29, 1.82) is 0 Å². The van der Waals surface area contributed by atoms with Gasteiger partial charge < -0.3 is 5.32 Å². The van der Waals surface area contributed by atoms with Crippen molar-refractivity contribution in [3.63, 3.8) is 0 Å². The molecule has 0 saturated heterocycles. The van der Waals surface area contributed by atoms with Gasteiger partial charge in [-0.15, -0.1) is 0 Å². The Kier molecular flexibility index (Phi) is 3.71. The molecule has 2 saturated carbocycles. The van der Waals surface area contributed by atoms with Gasteiger partial charge in [-0.2, -0.15) is 0 Å². The van der Waals surface area contributed by atoms with Crippen LogP contribution in [0.3, 0.4) is 0 Å². The molecule has 1 nitrogen and oxygen atoms in total. The number of hydrogen-bond donors (Lipinski definition) is 1. The van der Waals surface area contributed by atoms with Crippen LogP contribution in [0.1, 0.15) is 65.2 Å². The van der Waals surface area contributed by atoms with Gasteiger partial charge in [-0.05, 0) is 43.6 Å². The number of unbranched alkanes of at least 4 members (excludes halogenated alkanes) is 3. The van der Waals surface area contributed by atoms with E-state index in [1.807, 2.05) is 0 Å². The van der Waals surface area contributed by atoms with Crippen LogP contribution in [0.5, 0.6) is 0 Å². The number of nitrogens with one attached hydrogen (secondary N) is 1. The van der Waals surface area contributed by atoms with Gasteiger partial charge in [0, 0.05) is 6.04 Å². The van der Waals surface area contributed by atoms with Crippen molar-refractivity contribution in [2.24, 2.45) is 11.3 Å². The molecular formula is C14H27N. The maximum absolute atomic E-state index is 3.68. The quantitative estimate of drug-likeness (QED) is 0.601. The first-order valence-electron chi connectivity index (χ1n) is 6.98. The minimum Gasteiger partial charge on any atom is -0.314 e. The van der Waals surface area contributed by atoms with Crippen LogP contribution in [0.25, 0.3) is 0 Å². The van der Waals surface area contributed by atoms with Crippen LogP contribution >= 0.6 is 0 Å². The van der Waals surface area contributed by atoms with E-state index < -0.39 is 0 Å². The molecule has 0 radical (unpaired) electrons. The molecule has 15 heavy (non-hydrogen) atoms. The molecule has 2 rings (SSSR count). The molecule has 2 aliphatic rings. The van der Waals surface area contributed by atoms with E-state index in [9.17, 15) is 0 Å². The fraction of sp³-hybridized carbons (Fsp3) is 1.00. The van der Waals surface area contributed by atoms with Gasteiger partial charge in [0.2, 0.25) is 0 Å². The van der Waals surface area contributed by atoms with Gasteiger partial charge in [0.1, 0.15) is 0 Å². The van der Waals surface area contributed by atoms with E-state index in [4.69, 9.17) is 0 Å². The first-order valence-corrected chi connectivity index (χ1v) is 6.98. The Hall–Kier alpha value is -0.0400. The van der Waals surface area contributed by atoms with Gasteiger partial charge in [-0.3, -0.25) is 0 Å². The van der Waals surface area contributed by atoms with Crippen LogP contribution in [-0.2, 0) is 0 Å². The first kappa shape index (κ1) is 11.4. The molecule has 0 spiro atoms. The summed E-state index contributed by atoms with van der Waals surface area (Å²) in [5.74, 6) is 1.000. The third kappa shape index (κ3) is 3.48. The fourth-order valence-electron chi connectivity index (χ4n) is 2.68. The first-order chi connectivity index (χ1) is 7.24. The summed E-state index contributed by atoms with van der Waals surface area (Å²) in [6.07, 6.45) is 11.5. The minimum absolute atomic E-state index is 0.718. The molecule has 2 fully saturated rings. The molecule has 0 aromatic carbocycles. The smallest absolute Gasteiger partial charge is 0.00683 e. The Morgan fingerprint density at radius 2 is 2.00 bits per heavy atom. The average Bonchev–Trinajstić information content (AvgIpc) is 3.08. The van der Waals surface area contributed by atoms with Gasteiger partial charge in [0.25, 0.3) is 0 Å². The summed E-state index contributed by atoms with van der Waals surface area (Å²) < 4.78 is 0. The SMILES string of the molecule is CCCCCCC1(C)CC1CNC1CC1. The van der Waals surface area contributed by atoms with E-state index in [1.54, 1.807) is 0 Å². The molecule has 0 aromatic heterocycles. The van der Waals surface area contributed by atoms with Crippen molar-refractivity contribution in [3.8, 4) is 0 Å². The Morgan fingerprint density at radius 3 is 2.67 bits per heavy atom. The van der Waals surface area contributed by atoms with E-state index >= 15 is 0 Å². The van der Waals surface area contributed by atoms with Crippen molar-refractivity contribution in [3.05, 3.63) is 0 Å². The normalized spacial score (nSPS) is 34.4. The van der Waals surface area contributed by atoms with Gasteiger partial charge in [-0.1, -0.05) is 39.5 Å². The standard InChI is InChI=1S/C14H27N/c1-3-4-5-6-9-14(2)10-12(14)11-15-13-7-8-13/h12-13,15H,3-11H2,1-2H3. The van der Waals surface area contributed by atoms with Crippen LogP contribution in [-0.4, -0.2) is 12.6 Å². The summed E-state index contributed by atoms with van der Waals surface area (Å²) in [6, 6.07) is 0.898. The molecule has 2 unspecified atom stereocenters. The maximum Gasteiger partial charge on any atom is 0.00683 e. The van der Waals surface area contributed by atoms with Crippen LogP contribution in [0, 0.1) is 11.3 Å². The van der Waals surface area contributed by atoms with E-state index in [-0.39, 0.29) is 0 Å². The van der Waals surface area contributed by atoms with Gasteiger partial charge in [0.15, 0.2) is 0 Å². The molecular weight excluding hydrogens is 182 g/mol. The van der Waals surface area contributed by atoms with Crippen LogP contribution in [0.4, 0.5) is 0 Å². The second-order valence-corrected chi connectivity index (χ2v) is 6.05. The molecule has 0 aromatic rings. The van der Waals surface area contributed by atoms with E-state index in [0.717, 1.165) is 17.4 Å². The predicted molar refractivity (Wildman–Crippen MR) is 66.0 cm³/mol. The lowest BCUT2D eigenvalue weighted by Crippen LogP contribution is -2.21. The Labute approximate surface area is 95.0 Å². The average molecular weight is 209 g/mol. The van der Waals surface area contributed by atoms with Gasteiger partial charge in [-0.25, -0.2) is 0 Å². The molecule has 0 aliphatic heterocycles. The van der Waals surface area contributed by atoms with Crippen molar-refractivity contribution in [1.82, 2.24) is 5.32 Å². The summed E-state index contributed by atoms with van der Waals surface area (Å²) in [6.45, 7) is 6.09. The molecule has 88 valence electrons. The van der Waals surface area contributed by atoms with Gasteiger partial charge >= 0.3 is 0 Å². The summed E-state index contributed by atoms with van der Waals surface area (Å²) in [5, 5.41) is 3.68. The number of rotatable bonds is 8. The summed E-state index contributed by atoms with van der Waals surface area (Å²) >= 11 is 0. The van der Waals surface area contributed by atoms with Crippen molar-refractivity contribution in [2.45, 2.75) is 71.3 Å². The highest BCUT2D eigenvalue weighted by molar-refractivity contribution is 5.00. The van der Waals surface area contributed by atoms with Crippen molar-refractivity contribution >= 4 is 0 Å². The Morgan fingerprint density at radius 1 is 1.20 bits per heavy atom. The lowest BCUT2D eigenvalue weighted by atomic mass is 9.97. The van der Waals surface area contributed by atoms with E-state index in [2.05, 4.69) is 19.2 Å². The lowest BCUT2D eigenvalue weighted by Gasteiger charge is -2.11. The second-order valence-electron chi connectivity index (χ2n) is 6.05. The van der Waals surface area contributed by atoms with E-state index in [0.29, 0.717) is 0 Å². The highest BCUT2D eigenvalue weighted by Crippen LogP contribution is 2.55. The molecule has 0 amide bonds. The molecule has 2 aliphatic carbocycles. The van der Waals surface area contributed by atoms with Crippen LogP contribution < -0.4 is 5.32 Å². The molecule has 0 heterocycles. The summed E-state index contributed by atoms with van der Waals surface area (Å²) in [4.78, 5) is 0. The van der Waals surface area contributed by atoms with E-state index in [1.165, 1.54) is 57.9 Å². The topological polar surface area (TPSA) is 12.0 Å². The Balaban J connectivity index is 1.52. The van der Waals surface area contributed by atoms with Crippen LogP contribution in [0.2, 0.25) is 0 Å². The molecule has 0 bridgehead atoms.